The number of rotatable bonds is 3. The van der Waals surface area contributed by atoms with E-state index in [0.717, 1.165) is 0 Å². The maximum absolute atomic E-state index is 11.1. The maximum atomic E-state index is 11.1. The highest BCUT2D eigenvalue weighted by Gasteiger charge is 2.08. The first-order valence-corrected chi connectivity index (χ1v) is 4.13. The summed E-state index contributed by atoms with van der Waals surface area (Å²) in [6.07, 6.45) is 0. The average molecular weight is 204 g/mol. The third-order valence-electron chi connectivity index (χ3n) is 1.69. The summed E-state index contributed by atoms with van der Waals surface area (Å²) >= 11 is 0. The van der Waals surface area contributed by atoms with E-state index in [9.17, 15) is 9.59 Å². The smallest absolute Gasteiger partial charge is 0.178 e. The molecule has 1 aromatic heterocycles. The first-order valence-electron chi connectivity index (χ1n) is 4.13. The van der Waals surface area contributed by atoms with Gasteiger partial charge in [0.05, 0.1) is 0 Å². The number of nitrogens with zero attached hydrogens (tertiary/aromatic N) is 4. The summed E-state index contributed by atoms with van der Waals surface area (Å²) < 4.78 is 0. The van der Waals surface area contributed by atoms with E-state index in [2.05, 4.69) is 15.0 Å². The lowest BCUT2D eigenvalue weighted by atomic mass is 10.2. The van der Waals surface area contributed by atoms with Crippen LogP contribution in [-0.4, -0.2) is 16.6 Å². The van der Waals surface area contributed by atoms with Gasteiger partial charge in [-0.15, -0.1) is 0 Å². The summed E-state index contributed by atoms with van der Waals surface area (Å²) in [5, 5.41) is 3.33. The van der Waals surface area contributed by atoms with Crippen molar-refractivity contribution in [3.63, 3.8) is 0 Å². The maximum Gasteiger partial charge on any atom is 0.178 e. The van der Waals surface area contributed by atoms with E-state index in [4.69, 9.17) is 5.53 Å². The van der Waals surface area contributed by atoms with Gasteiger partial charge in [0.2, 0.25) is 0 Å². The molecule has 0 aliphatic rings. The van der Waals surface area contributed by atoms with E-state index in [1.807, 2.05) is 0 Å². The molecule has 0 N–H and O–H groups in total. The molecule has 6 nitrogen and oxygen atoms in total. The summed E-state index contributed by atoms with van der Waals surface area (Å²) in [4.78, 5) is 28.5. The van der Waals surface area contributed by atoms with Crippen LogP contribution in [0.25, 0.3) is 10.4 Å². The number of hydrogen-bond donors (Lipinski definition) is 0. The van der Waals surface area contributed by atoms with Crippen LogP contribution in [-0.2, 0) is 0 Å². The lowest BCUT2D eigenvalue weighted by molar-refractivity contribution is 0.101. The Morgan fingerprint density at radius 1 is 1.27 bits per heavy atom. The van der Waals surface area contributed by atoms with Crippen LogP contribution in [0.1, 0.15) is 34.8 Å². The predicted octanol–water partition coefficient (Wildman–Crippen LogP) is 2.43. The van der Waals surface area contributed by atoms with Crippen LogP contribution in [0.4, 0.5) is 5.69 Å². The summed E-state index contributed by atoms with van der Waals surface area (Å²) in [6.45, 7) is 2.65. The molecule has 0 radical (unpaired) electrons. The molecule has 0 aromatic carbocycles. The fourth-order valence-electron chi connectivity index (χ4n) is 0.986. The number of Topliss-reactive ketones (excluding diaryl/α,β-unsaturated/α-hetero) is 2. The van der Waals surface area contributed by atoms with Gasteiger partial charge in [-0.25, -0.2) is 4.98 Å². The van der Waals surface area contributed by atoms with Crippen LogP contribution in [0.3, 0.4) is 0 Å². The number of hydrogen-bond acceptors (Lipinski definition) is 4. The Kier molecular flexibility index (Phi) is 3.15. The molecule has 0 unspecified atom stereocenters. The van der Waals surface area contributed by atoms with Crippen molar-refractivity contribution in [2.75, 3.05) is 0 Å². The van der Waals surface area contributed by atoms with E-state index in [-0.39, 0.29) is 28.6 Å². The van der Waals surface area contributed by atoms with Crippen LogP contribution < -0.4 is 0 Å². The number of azide groups is 1. The standard InChI is InChI=1S/C9H8N4O2/c1-5(14)8-3-7(12-13-10)4-9(11-8)6(2)15/h3-4H,1-2H3. The highest BCUT2D eigenvalue weighted by Crippen LogP contribution is 2.16. The third-order valence-corrected chi connectivity index (χ3v) is 1.69. The van der Waals surface area contributed by atoms with E-state index in [1.54, 1.807) is 0 Å². The molecule has 0 aliphatic heterocycles. The first-order chi connectivity index (χ1) is 7.04. The van der Waals surface area contributed by atoms with Gasteiger partial charge in [-0.05, 0) is 17.7 Å². The lowest BCUT2D eigenvalue weighted by Crippen LogP contribution is -2.03. The Bertz CT molecular complexity index is 413. The van der Waals surface area contributed by atoms with Crippen molar-refractivity contribution in [3.05, 3.63) is 34.0 Å². The van der Waals surface area contributed by atoms with Gasteiger partial charge in [-0.1, -0.05) is 5.11 Å². The van der Waals surface area contributed by atoms with Crippen molar-refractivity contribution in [2.45, 2.75) is 13.8 Å². The highest BCUT2D eigenvalue weighted by atomic mass is 16.1. The molecule has 0 amide bonds. The topological polar surface area (TPSA) is 95.8 Å². The fourth-order valence-corrected chi connectivity index (χ4v) is 0.986. The molecule has 0 fully saturated rings. The van der Waals surface area contributed by atoms with Gasteiger partial charge >= 0.3 is 0 Å². The zero-order valence-electron chi connectivity index (χ0n) is 8.26. The largest absolute Gasteiger partial charge is 0.293 e. The molecule has 1 rings (SSSR count). The zero-order valence-corrected chi connectivity index (χ0v) is 8.26. The summed E-state index contributed by atoms with van der Waals surface area (Å²) in [7, 11) is 0. The van der Waals surface area contributed by atoms with E-state index >= 15 is 0 Å². The Morgan fingerprint density at radius 2 is 1.73 bits per heavy atom. The molecule has 15 heavy (non-hydrogen) atoms. The Hall–Kier alpha value is -2.20. The lowest BCUT2D eigenvalue weighted by Gasteiger charge is -2.00. The second kappa shape index (κ2) is 4.34. The second-order valence-electron chi connectivity index (χ2n) is 2.90. The Balaban J connectivity index is 3.38. The molecule has 6 heteroatoms. The molecule has 1 aromatic rings. The van der Waals surface area contributed by atoms with Gasteiger partial charge in [0, 0.05) is 24.4 Å². The minimum absolute atomic E-state index is 0.116. The van der Waals surface area contributed by atoms with Crippen molar-refractivity contribution in [1.82, 2.24) is 4.98 Å². The second-order valence-corrected chi connectivity index (χ2v) is 2.90. The number of ketones is 2. The molecule has 0 spiro atoms. The fraction of sp³-hybridized carbons (Fsp3) is 0.222. The van der Waals surface area contributed by atoms with Gasteiger partial charge in [-0.2, -0.15) is 0 Å². The SMILES string of the molecule is CC(=O)c1cc(N=[N+]=[N-])cc(C(C)=O)n1. The average Bonchev–Trinajstić information content (AvgIpc) is 2.17. The van der Waals surface area contributed by atoms with Crippen molar-refractivity contribution < 1.29 is 9.59 Å². The third kappa shape index (κ3) is 2.62. The zero-order chi connectivity index (χ0) is 11.4. The van der Waals surface area contributed by atoms with Crippen LogP contribution in [0.15, 0.2) is 17.2 Å². The molecule has 0 atom stereocenters. The number of pyridine rings is 1. The monoisotopic (exact) mass is 204 g/mol. The summed E-state index contributed by atoms with van der Waals surface area (Å²) in [5.74, 6) is -0.569. The number of carbonyl (C=O) groups excluding carboxylic acids is 2. The molecular formula is C9H8N4O2. The summed E-state index contributed by atoms with van der Waals surface area (Å²) in [6, 6.07) is 2.68. The highest BCUT2D eigenvalue weighted by molar-refractivity contribution is 5.97. The van der Waals surface area contributed by atoms with Gasteiger partial charge in [0.15, 0.2) is 11.6 Å². The van der Waals surface area contributed by atoms with Gasteiger partial charge < -0.3 is 0 Å². The van der Waals surface area contributed by atoms with Crippen molar-refractivity contribution in [2.24, 2.45) is 5.11 Å². The molecular weight excluding hydrogens is 196 g/mol. The molecule has 0 bridgehead atoms. The predicted molar refractivity (Wildman–Crippen MR) is 53.1 cm³/mol. The van der Waals surface area contributed by atoms with E-state index in [1.165, 1.54) is 26.0 Å². The summed E-state index contributed by atoms with van der Waals surface area (Å²) in [5.41, 5.74) is 8.69. The minimum Gasteiger partial charge on any atom is -0.293 e. The quantitative estimate of drug-likeness (QED) is 0.327. The van der Waals surface area contributed by atoms with Crippen LogP contribution in [0.2, 0.25) is 0 Å². The molecule has 76 valence electrons. The van der Waals surface area contributed by atoms with E-state index < -0.39 is 0 Å². The number of carbonyl (C=O) groups is 2. The van der Waals surface area contributed by atoms with Crippen molar-refractivity contribution >= 4 is 17.3 Å². The Labute approximate surface area is 85.6 Å². The molecule has 0 saturated heterocycles. The molecule has 1 heterocycles. The molecule has 0 aliphatic carbocycles. The van der Waals surface area contributed by atoms with Crippen LogP contribution in [0, 0.1) is 0 Å². The van der Waals surface area contributed by atoms with Crippen LogP contribution in [0.5, 0.6) is 0 Å². The van der Waals surface area contributed by atoms with Gasteiger partial charge in [-0.3, -0.25) is 9.59 Å². The molecule has 0 saturated carbocycles. The van der Waals surface area contributed by atoms with Gasteiger partial charge in [0.1, 0.15) is 11.4 Å². The van der Waals surface area contributed by atoms with E-state index in [0.29, 0.717) is 0 Å². The van der Waals surface area contributed by atoms with Gasteiger partial charge in [0.25, 0.3) is 0 Å². The van der Waals surface area contributed by atoms with Crippen molar-refractivity contribution in [1.29, 1.82) is 0 Å². The van der Waals surface area contributed by atoms with Crippen molar-refractivity contribution in [3.8, 4) is 0 Å². The number of aromatic nitrogens is 1. The first kappa shape index (κ1) is 10.9. The Morgan fingerprint density at radius 3 is 2.07 bits per heavy atom. The minimum atomic E-state index is -0.285. The van der Waals surface area contributed by atoms with Crippen LogP contribution >= 0.6 is 0 Å². The normalized spacial score (nSPS) is 9.20.